The molecule has 1 aliphatic rings. The van der Waals surface area contributed by atoms with Gasteiger partial charge in [0.1, 0.15) is 5.82 Å². The van der Waals surface area contributed by atoms with Gasteiger partial charge in [-0.05, 0) is 56.2 Å². The van der Waals surface area contributed by atoms with Gasteiger partial charge in [-0.25, -0.2) is 17.5 Å². The Morgan fingerprint density at radius 3 is 2.44 bits per heavy atom. The van der Waals surface area contributed by atoms with Gasteiger partial charge in [-0.3, -0.25) is 4.79 Å². The van der Waals surface area contributed by atoms with Crippen LogP contribution in [0.4, 0.5) is 4.39 Å². The largest absolute Gasteiger partial charge is 0.342 e. The molecule has 32 heavy (non-hydrogen) atoms. The van der Waals surface area contributed by atoms with Crippen molar-refractivity contribution in [2.75, 3.05) is 19.6 Å². The third kappa shape index (κ3) is 5.03. The number of carbonyl (C=O) groups excluding carboxylic acids is 1. The lowest BCUT2D eigenvalue weighted by molar-refractivity contribution is -0.131. The number of nitrogens with zero attached hydrogens (tertiary/aromatic N) is 3. The number of piperidine rings is 1. The number of hydrogen-bond acceptors (Lipinski definition) is 6. The molecule has 0 saturated carbocycles. The molecule has 0 unspecified atom stereocenters. The number of aromatic nitrogens is 2. The molecule has 3 aromatic rings. The lowest BCUT2D eigenvalue weighted by Crippen LogP contribution is -2.43. The normalized spacial score (nSPS) is 15.1. The van der Waals surface area contributed by atoms with Crippen molar-refractivity contribution in [3.05, 3.63) is 65.7 Å². The Kier molecular flexibility index (Phi) is 6.33. The van der Waals surface area contributed by atoms with Crippen LogP contribution in [0.15, 0.2) is 57.9 Å². The van der Waals surface area contributed by atoms with Crippen molar-refractivity contribution in [3.8, 4) is 11.5 Å². The number of aryl methyl sites for hydroxylation is 1. The molecule has 1 aromatic heterocycles. The molecule has 0 aliphatic carbocycles. The molecule has 1 amide bonds. The first-order valence-electron chi connectivity index (χ1n) is 10.3. The van der Waals surface area contributed by atoms with Gasteiger partial charge in [-0.1, -0.05) is 22.9 Å². The molecular weight excluding hydrogens is 435 g/mol. The van der Waals surface area contributed by atoms with E-state index in [-0.39, 0.29) is 23.3 Å². The summed E-state index contributed by atoms with van der Waals surface area (Å²) in [5.41, 5.74) is 2.00. The predicted molar refractivity (Wildman–Crippen MR) is 115 cm³/mol. The molecule has 1 saturated heterocycles. The van der Waals surface area contributed by atoms with Gasteiger partial charge in [-0.2, -0.15) is 4.98 Å². The highest BCUT2D eigenvalue weighted by Gasteiger charge is 2.28. The van der Waals surface area contributed by atoms with Crippen molar-refractivity contribution in [1.29, 1.82) is 0 Å². The van der Waals surface area contributed by atoms with Crippen LogP contribution in [0.5, 0.6) is 0 Å². The van der Waals surface area contributed by atoms with Gasteiger partial charge in [0.05, 0.1) is 11.4 Å². The Hall–Kier alpha value is -3.11. The Morgan fingerprint density at radius 1 is 1.12 bits per heavy atom. The van der Waals surface area contributed by atoms with Gasteiger partial charge >= 0.3 is 0 Å². The van der Waals surface area contributed by atoms with Crippen molar-refractivity contribution >= 4 is 15.9 Å². The Labute approximate surface area is 185 Å². The maximum Gasteiger partial charge on any atom is 0.257 e. The van der Waals surface area contributed by atoms with Crippen molar-refractivity contribution in [3.63, 3.8) is 0 Å². The van der Waals surface area contributed by atoms with Crippen LogP contribution in [0, 0.1) is 12.7 Å². The van der Waals surface area contributed by atoms with Crippen molar-refractivity contribution in [2.24, 2.45) is 0 Å². The van der Waals surface area contributed by atoms with Crippen molar-refractivity contribution in [1.82, 2.24) is 19.8 Å². The second-order valence-corrected chi connectivity index (χ2v) is 9.52. The summed E-state index contributed by atoms with van der Waals surface area (Å²) in [4.78, 5) is 18.5. The maximum absolute atomic E-state index is 13.0. The van der Waals surface area contributed by atoms with E-state index in [1.54, 1.807) is 4.90 Å². The molecule has 0 radical (unpaired) electrons. The van der Waals surface area contributed by atoms with E-state index in [9.17, 15) is 17.6 Å². The van der Waals surface area contributed by atoms with E-state index < -0.39 is 15.8 Å². The zero-order valence-corrected chi connectivity index (χ0v) is 18.3. The van der Waals surface area contributed by atoms with Gasteiger partial charge in [0.15, 0.2) is 5.82 Å². The van der Waals surface area contributed by atoms with Crippen LogP contribution in [0.2, 0.25) is 0 Å². The molecule has 1 aliphatic heterocycles. The van der Waals surface area contributed by atoms with Crippen molar-refractivity contribution < 1.29 is 22.1 Å². The fraction of sp³-hybridized carbons (Fsp3) is 0.318. The standard InChI is InChI=1S/C22H23FN4O4S/c1-15-2-4-17(5-3-15)22-25-21(26-31-22)16-10-12-27(13-11-16)20(28)14-24-32(29,30)19-8-6-18(23)7-9-19/h2-9,16,24H,10-14H2,1H3. The number of rotatable bonds is 6. The highest BCUT2D eigenvalue weighted by Crippen LogP contribution is 2.28. The first-order valence-corrected chi connectivity index (χ1v) is 11.7. The van der Waals surface area contributed by atoms with E-state index in [1.807, 2.05) is 31.2 Å². The lowest BCUT2D eigenvalue weighted by atomic mass is 9.96. The zero-order valence-electron chi connectivity index (χ0n) is 17.5. The number of nitrogens with one attached hydrogen (secondary N) is 1. The smallest absolute Gasteiger partial charge is 0.257 e. The minimum Gasteiger partial charge on any atom is -0.342 e. The summed E-state index contributed by atoms with van der Waals surface area (Å²) in [6.45, 7) is 2.59. The van der Waals surface area contributed by atoms with E-state index in [0.717, 1.165) is 35.4 Å². The number of halogens is 1. The first kappa shape index (κ1) is 22.1. The van der Waals surface area contributed by atoms with E-state index in [0.29, 0.717) is 37.6 Å². The Morgan fingerprint density at radius 2 is 1.78 bits per heavy atom. The predicted octanol–water partition coefficient (Wildman–Crippen LogP) is 2.87. The average molecular weight is 459 g/mol. The van der Waals surface area contributed by atoms with Crippen LogP contribution in [0.1, 0.15) is 30.1 Å². The van der Waals surface area contributed by atoms with Gasteiger partial charge in [-0.15, -0.1) is 0 Å². The topological polar surface area (TPSA) is 105 Å². The molecule has 10 heteroatoms. The van der Waals surface area contributed by atoms with Crippen LogP contribution in [0.3, 0.4) is 0 Å². The molecule has 0 spiro atoms. The Bertz CT molecular complexity index is 1190. The van der Waals surface area contributed by atoms with E-state index >= 15 is 0 Å². The summed E-state index contributed by atoms with van der Waals surface area (Å²) in [5, 5.41) is 4.11. The minimum atomic E-state index is -3.89. The Balaban J connectivity index is 1.30. The SMILES string of the molecule is Cc1ccc(-c2nc(C3CCN(C(=O)CNS(=O)(=O)c4ccc(F)cc4)CC3)no2)cc1. The number of likely N-dealkylation sites (tertiary alicyclic amines) is 1. The van der Waals surface area contributed by atoms with Crippen LogP contribution in [-0.2, 0) is 14.8 Å². The van der Waals surface area contributed by atoms with Crippen LogP contribution < -0.4 is 4.72 Å². The quantitative estimate of drug-likeness (QED) is 0.609. The molecule has 8 nitrogen and oxygen atoms in total. The molecular formula is C22H23FN4O4S. The first-order chi connectivity index (χ1) is 15.3. The van der Waals surface area contributed by atoms with Gasteiger partial charge < -0.3 is 9.42 Å². The fourth-order valence-corrected chi connectivity index (χ4v) is 4.54. The number of hydrogen-bond donors (Lipinski definition) is 1. The van der Waals surface area contributed by atoms with Gasteiger partial charge in [0.25, 0.3) is 5.89 Å². The molecule has 168 valence electrons. The molecule has 0 bridgehead atoms. The molecule has 4 rings (SSSR count). The number of amides is 1. The molecule has 0 atom stereocenters. The fourth-order valence-electron chi connectivity index (χ4n) is 3.57. The summed E-state index contributed by atoms with van der Waals surface area (Å²) < 4.78 is 45.2. The average Bonchev–Trinajstić information content (AvgIpc) is 3.29. The molecule has 2 aromatic carbocycles. The van der Waals surface area contributed by atoms with Gasteiger partial charge in [0, 0.05) is 24.6 Å². The molecule has 2 heterocycles. The summed E-state index contributed by atoms with van der Waals surface area (Å²) in [6.07, 6.45) is 1.31. The maximum atomic E-state index is 13.0. The third-order valence-electron chi connectivity index (χ3n) is 5.49. The highest BCUT2D eigenvalue weighted by atomic mass is 32.2. The molecule has 1 fully saturated rings. The van der Waals surface area contributed by atoms with Crippen LogP contribution >= 0.6 is 0 Å². The summed E-state index contributed by atoms with van der Waals surface area (Å²) >= 11 is 0. The summed E-state index contributed by atoms with van der Waals surface area (Å²) in [6, 6.07) is 12.3. The highest BCUT2D eigenvalue weighted by molar-refractivity contribution is 7.89. The van der Waals surface area contributed by atoms with Crippen LogP contribution in [-0.4, -0.2) is 49.0 Å². The second-order valence-electron chi connectivity index (χ2n) is 7.76. The number of sulfonamides is 1. The van der Waals surface area contributed by atoms with E-state index in [2.05, 4.69) is 14.9 Å². The van der Waals surface area contributed by atoms with Crippen LogP contribution in [0.25, 0.3) is 11.5 Å². The minimum absolute atomic E-state index is 0.0675. The monoisotopic (exact) mass is 458 g/mol. The zero-order chi connectivity index (χ0) is 22.7. The summed E-state index contributed by atoms with van der Waals surface area (Å²) in [7, 11) is -3.89. The number of carbonyl (C=O) groups is 1. The lowest BCUT2D eigenvalue weighted by Gasteiger charge is -2.30. The third-order valence-corrected chi connectivity index (χ3v) is 6.91. The summed E-state index contributed by atoms with van der Waals surface area (Å²) in [5.74, 6) is 0.300. The van der Waals surface area contributed by atoms with E-state index in [4.69, 9.17) is 4.52 Å². The second kappa shape index (κ2) is 9.17. The molecule has 1 N–H and O–H groups in total. The van der Waals surface area contributed by atoms with Crippen molar-refractivity contribution in [2.45, 2.75) is 30.6 Å². The number of benzene rings is 2. The van der Waals surface area contributed by atoms with Gasteiger partial charge in [0.2, 0.25) is 15.9 Å². The van der Waals surface area contributed by atoms with E-state index in [1.165, 1.54) is 0 Å².